The number of alkyl halides is 3. The van der Waals surface area contributed by atoms with Gasteiger partial charge in [-0.3, -0.25) is 20.3 Å². The Morgan fingerprint density at radius 3 is 2.14 bits per heavy atom. The van der Waals surface area contributed by atoms with Gasteiger partial charge in [0.25, 0.3) is 11.8 Å². The number of halogens is 3. The number of anilines is 1. The minimum Gasteiger partial charge on any atom is -0.291 e. The molecule has 0 aliphatic carbocycles. The Labute approximate surface area is 195 Å². The maximum atomic E-state index is 13.3. The number of hydrazine groups is 1. The van der Waals surface area contributed by atoms with Crippen molar-refractivity contribution in [1.29, 1.82) is 0 Å². The maximum absolute atomic E-state index is 13.3. The zero-order valence-electron chi connectivity index (χ0n) is 16.2. The second kappa shape index (κ2) is 10.1. The highest BCUT2D eigenvalue weighted by Crippen LogP contribution is 2.44. The van der Waals surface area contributed by atoms with E-state index >= 15 is 0 Å². The first-order chi connectivity index (χ1) is 13.6. The first-order valence-corrected chi connectivity index (χ1v) is 11.3. The van der Waals surface area contributed by atoms with Crippen LogP contribution in [-0.4, -0.2) is 39.6 Å². The summed E-state index contributed by atoms with van der Waals surface area (Å²) in [5, 5.41) is 12.0. The first kappa shape index (κ1) is 23.9. The van der Waals surface area contributed by atoms with E-state index in [1.54, 1.807) is 30.3 Å². The standard InChI is InChI=1S/C20H22Br3N3O3/c1-4-25(18(27)15-6-5-7-17(12-15)24-29)26(13(2)3)19(28)14-8-10-16(11-9-14)20(21,22)23/h5-13,24,29H,4H2,1-3H3. The fraction of sp³-hybridized carbons (Fsp3) is 0.300. The van der Waals surface area contributed by atoms with Crippen LogP contribution in [0.1, 0.15) is 47.1 Å². The number of carbonyl (C=O) groups excluding carboxylic acids is 2. The summed E-state index contributed by atoms with van der Waals surface area (Å²) < 4.78 is -0.566. The summed E-state index contributed by atoms with van der Waals surface area (Å²) in [6.07, 6.45) is 0. The number of hydrogen-bond acceptors (Lipinski definition) is 4. The molecule has 2 N–H and O–H groups in total. The Morgan fingerprint density at radius 1 is 1.03 bits per heavy atom. The van der Waals surface area contributed by atoms with Crippen LogP contribution in [-0.2, 0) is 2.14 Å². The number of nitrogens with zero attached hydrogens (tertiary/aromatic N) is 2. The summed E-state index contributed by atoms with van der Waals surface area (Å²) in [7, 11) is 0. The van der Waals surface area contributed by atoms with Crippen LogP contribution in [0.15, 0.2) is 48.5 Å². The molecule has 0 atom stereocenters. The largest absolute Gasteiger partial charge is 0.291 e. The SMILES string of the molecule is CCN(C(=O)c1cccc(NO)c1)N(C(=O)c1ccc(C(Br)(Br)Br)cc1)C(C)C. The summed E-state index contributed by atoms with van der Waals surface area (Å²) >= 11 is 10.4. The third kappa shape index (κ3) is 5.81. The van der Waals surface area contributed by atoms with Crippen LogP contribution in [0, 0.1) is 0 Å². The van der Waals surface area contributed by atoms with Gasteiger partial charge in [-0.15, -0.1) is 0 Å². The van der Waals surface area contributed by atoms with E-state index in [9.17, 15) is 9.59 Å². The van der Waals surface area contributed by atoms with E-state index in [4.69, 9.17) is 5.21 Å². The minimum absolute atomic E-state index is 0.243. The molecule has 0 radical (unpaired) electrons. The quantitative estimate of drug-likeness (QED) is 0.345. The Morgan fingerprint density at radius 2 is 1.66 bits per heavy atom. The molecule has 2 aromatic carbocycles. The van der Waals surface area contributed by atoms with Crippen molar-refractivity contribution >= 4 is 65.3 Å². The summed E-state index contributed by atoms with van der Waals surface area (Å²) in [5.74, 6) is -0.605. The number of nitrogens with one attached hydrogen (secondary N) is 1. The van der Waals surface area contributed by atoms with E-state index in [2.05, 4.69) is 47.8 Å². The van der Waals surface area contributed by atoms with Gasteiger partial charge in [-0.1, -0.05) is 66.0 Å². The molecule has 0 bridgehead atoms. The lowest BCUT2D eigenvalue weighted by Gasteiger charge is -2.37. The average molecular weight is 592 g/mol. The normalized spacial score (nSPS) is 11.3. The highest BCUT2D eigenvalue weighted by atomic mass is 80.0. The minimum atomic E-state index is -0.566. The molecule has 2 amide bonds. The maximum Gasteiger partial charge on any atom is 0.272 e. The number of benzene rings is 2. The summed E-state index contributed by atoms with van der Waals surface area (Å²) in [6.45, 7) is 5.83. The average Bonchev–Trinajstić information content (AvgIpc) is 2.70. The number of carbonyl (C=O) groups is 2. The van der Waals surface area contributed by atoms with Crippen LogP contribution in [0.25, 0.3) is 0 Å². The van der Waals surface area contributed by atoms with E-state index < -0.39 is 2.14 Å². The molecule has 0 saturated carbocycles. The molecular weight excluding hydrogens is 570 g/mol. The van der Waals surface area contributed by atoms with Crippen molar-refractivity contribution in [2.75, 3.05) is 12.0 Å². The molecule has 0 aliphatic heterocycles. The fourth-order valence-electron chi connectivity index (χ4n) is 2.82. The van der Waals surface area contributed by atoms with E-state index in [-0.39, 0.29) is 17.9 Å². The summed E-state index contributed by atoms with van der Waals surface area (Å²) in [5.41, 5.74) is 4.15. The van der Waals surface area contributed by atoms with Crippen LogP contribution >= 0.6 is 47.8 Å². The predicted molar refractivity (Wildman–Crippen MR) is 125 cm³/mol. The van der Waals surface area contributed by atoms with Gasteiger partial charge in [0.05, 0.1) is 5.69 Å². The molecule has 0 aromatic heterocycles. The number of rotatable bonds is 5. The molecule has 6 nitrogen and oxygen atoms in total. The Kier molecular flexibility index (Phi) is 8.28. The van der Waals surface area contributed by atoms with E-state index in [1.165, 1.54) is 16.1 Å². The van der Waals surface area contributed by atoms with Gasteiger partial charge in [-0.05, 0) is 56.7 Å². The smallest absolute Gasteiger partial charge is 0.272 e. The third-order valence-corrected chi connectivity index (χ3v) is 5.56. The van der Waals surface area contributed by atoms with Gasteiger partial charge in [0.2, 0.25) is 0 Å². The second-order valence-electron chi connectivity index (χ2n) is 6.53. The number of amides is 2. The Balaban J connectivity index is 2.36. The molecule has 156 valence electrons. The zero-order chi connectivity index (χ0) is 21.8. The molecule has 0 aliphatic rings. The van der Waals surface area contributed by atoms with Crippen LogP contribution in [0.5, 0.6) is 0 Å². The van der Waals surface area contributed by atoms with Gasteiger partial charge >= 0.3 is 0 Å². The van der Waals surface area contributed by atoms with Crippen molar-refractivity contribution in [3.05, 3.63) is 65.2 Å². The Bertz CT molecular complexity index is 867. The van der Waals surface area contributed by atoms with Crippen molar-refractivity contribution in [3.63, 3.8) is 0 Å². The van der Waals surface area contributed by atoms with Crippen molar-refractivity contribution in [2.24, 2.45) is 0 Å². The summed E-state index contributed by atoms with van der Waals surface area (Å²) in [6, 6.07) is 13.3. The molecule has 2 aromatic rings. The molecule has 0 saturated heterocycles. The first-order valence-electron chi connectivity index (χ1n) is 8.92. The molecule has 0 unspecified atom stereocenters. The predicted octanol–water partition coefficient (Wildman–Crippen LogP) is 5.71. The van der Waals surface area contributed by atoms with Gasteiger partial charge in [0, 0.05) is 23.7 Å². The van der Waals surface area contributed by atoms with Gasteiger partial charge in [-0.25, -0.2) is 10.0 Å². The van der Waals surface area contributed by atoms with E-state index in [1.807, 2.05) is 38.4 Å². The lowest BCUT2D eigenvalue weighted by Crippen LogP contribution is -2.53. The Hall–Kier alpha value is -1.42. The van der Waals surface area contributed by atoms with E-state index in [0.717, 1.165) is 5.56 Å². The molecular formula is C20H22Br3N3O3. The molecule has 2 rings (SSSR count). The lowest BCUT2D eigenvalue weighted by molar-refractivity contribution is -0.0149. The van der Waals surface area contributed by atoms with Crippen molar-refractivity contribution < 1.29 is 14.8 Å². The molecule has 0 fully saturated rings. The van der Waals surface area contributed by atoms with Crippen molar-refractivity contribution in [3.8, 4) is 0 Å². The second-order valence-corrected chi connectivity index (χ2v) is 13.3. The third-order valence-electron chi connectivity index (χ3n) is 4.19. The number of hydrogen-bond donors (Lipinski definition) is 2. The topological polar surface area (TPSA) is 72.9 Å². The highest BCUT2D eigenvalue weighted by molar-refractivity contribution is 9.38. The fourth-order valence-corrected chi connectivity index (χ4v) is 3.61. The molecule has 0 spiro atoms. The molecule has 29 heavy (non-hydrogen) atoms. The van der Waals surface area contributed by atoms with E-state index in [0.29, 0.717) is 23.4 Å². The van der Waals surface area contributed by atoms with Crippen LogP contribution in [0.2, 0.25) is 0 Å². The van der Waals surface area contributed by atoms with Gasteiger partial charge in [0.15, 0.2) is 2.14 Å². The van der Waals surface area contributed by atoms with Crippen molar-refractivity contribution in [2.45, 2.75) is 29.0 Å². The van der Waals surface area contributed by atoms with Gasteiger partial charge in [-0.2, -0.15) is 0 Å². The van der Waals surface area contributed by atoms with Crippen LogP contribution < -0.4 is 5.48 Å². The highest BCUT2D eigenvalue weighted by Gasteiger charge is 2.29. The van der Waals surface area contributed by atoms with Gasteiger partial charge < -0.3 is 0 Å². The summed E-state index contributed by atoms with van der Waals surface area (Å²) in [4.78, 5) is 26.4. The van der Waals surface area contributed by atoms with Gasteiger partial charge in [0.1, 0.15) is 0 Å². The molecule has 0 heterocycles. The van der Waals surface area contributed by atoms with Crippen molar-refractivity contribution in [1.82, 2.24) is 10.0 Å². The molecule has 9 heteroatoms. The zero-order valence-corrected chi connectivity index (χ0v) is 21.0. The van der Waals surface area contributed by atoms with Crippen LogP contribution in [0.4, 0.5) is 5.69 Å². The van der Waals surface area contributed by atoms with Crippen LogP contribution in [0.3, 0.4) is 0 Å². The monoisotopic (exact) mass is 589 g/mol. The lowest BCUT2D eigenvalue weighted by atomic mass is 10.1.